The van der Waals surface area contributed by atoms with Crippen LogP contribution in [0.2, 0.25) is 0 Å². The molecule has 2 aromatic carbocycles. The molecule has 3 aromatic rings. The maximum Gasteiger partial charge on any atom is 0.338 e. The van der Waals surface area contributed by atoms with E-state index in [0.29, 0.717) is 17.0 Å². The van der Waals surface area contributed by atoms with Crippen LogP contribution in [0.5, 0.6) is 5.75 Å². The zero-order valence-corrected chi connectivity index (χ0v) is 16.7. The Morgan fingerprint density at radius 2 is 2.03 bits per heavy atom. The lowest BCUT2D eigenvalue weighted by atomic mass is 9.95. The third-order valence-corrected chi connectivity index (χ3v) is 4.93. The topological polar surface area (TPSA) is 94.5 Å². The number of carbonyl (C=O) groups excluding carboxylic acids is 2. The molecule has 4 rings (SSSR count). The molecule has 0 radical (unpaired) electrons. The molecule has 1 aliphatic heterocycles. The van der Waals surface area contributed by atoms with Gasteiger partial charge in [-0.2, -0.15) is 0 Å². The minimum Gasteiger partial charge on any atom is -0.497 e. The number of nitrogens with one attached hydrogen (secondary N) is 2. The van der Waals surface area contributed by atoms with Crippen LogP contribution in [0.15, 0.2) is 66.1 Å². The van der Waals surface area contributed by atoms with Crippen LogP contribution in [0.3, 0.4) is 0 Å². The molecule has 8 nitrogen and oxygen atoms in total. The Balaban J connectivity index is 1.81. The molecular formula is C22H22N4O4. The van der Waals surface area contributed by atoms with Gasteiger partial charge < -0.3 is 24.7 Å². The highest BCUT2D eigenvalue weighted by atomic mass is 16.5. The lowest BCUT2D eigenvalue weighted by Gasteiger charge is -2.29. The molecule has 1 aromatic heterocycles. The predicted octanol–water partition coefficient (Wildman–Crippen LogP) is 2.92. The van der Waals surface area contributed by atoms with Crippen LogP contribution in [0, 0.1) is 0 Å². The highest BCUT2D eigenvalue weighted by Crippen LogP contribution is 2.30. The summed E-state index contributed by atoms with van der Waals surface area (Å²) in [5.74, 6) is 0.142. The molecule has 1 aliphatic rings. The van der Waals surface area contributed by atoms with Crippen LogP contribution in [0.1, 0.15) is 18.5 Å². The van der Waals surface area contributed by atoms with Crippen molar-refractivity contribution in [1.82, 2.24) is 20.2 Å². The van der Waals surface area contributed by atoms with E-state index < -0.39 is 18.0 Å². The Labute approximate surface area is 173 Å². The minimum atomic E-state index is -0.669. The fraction of sp³-hybridized carbons (Fsp3) is 0.227. The number of aromatic nitrogens is 2. The van der Waals surface area contributed by atoms with Crippen LogP contribution >= 0.6 is 0 Å². The van der Waals surface area contributed by atoms with Gasteiger partial charge in [0.15, 0.2) is 0 Å². The van der Waals surface area contributed by atoms with Gasteiger partial charge in [0, 0.05) is 0 Å². The van der Waals surface area contributed by atoms with Gasteiger partial charge in [0.05, 0.1) is 54.9 Å². The molecule has 2 N–H and O–H groups in total. The first-order valence-electron chi connectivity index (χ1n) is 9.62. The van der Waals surface area contributed by atoms with Crippen LogP contribution in [0.25, 0.3) is 11.0 Å². The molecule has 0 unspecified atom stereocenters. The zero-order valence-electron chi connectivity index (χ0n) is 16.7. The number of fused-ring (bicyclic) bond motifs is 1. The Bertz CT molecular complexity index is 1130. The third-order valence-electron chi connectivity index (χ3n) is 4.93. The summed E-state index contributed by atoms with van der Waals surface area (Å²) in [6.07, 6.45) is 1.69. The van der Waals surface area contributed by atoms with Gasteiger partial charge in [0.1, 0.15) is 5.75 Å². The molecule has 2 heterocycles. The van der Waals surface area contributed by atoms with E-state index in [9.17, 15) is 9.59 Å². The molecule has 2 amide bonds. The van der Waals surface area contributed by atoms with Crippen LogP contribution in [-0.4, -0.2) is 35.3 Å². The number of ether oxygens (including phenoxy) is 2. The molecule has 0 fully saturated rings. The van der Waals surface area contributed by atoms with Gasteiger partial charge >= 0.3 is 12.0 Å². The maximum atomic E-state index is 12.9. The summed E-state index contributed by atoms with van der Waals surface area (Å²) in [6, 6.07) is 13.9. The fourth-order valence-electron chi connectivity index (χ4n) is 3.57. The summed E-state index contributed by atoms with van der Waals surface area (Å²) in [5, 5.41) is 5.62. The quantitative estimate of drug-likeness (QED) is 0.614. The van der Waals surface area contributed by atoms with Gasteiger partial charge in [0.2, 0.25) is 0 Å². The number of esters is 1. The number of para-hydroxylation sites is 2. The van der Waals surface area contributed by atoms with E-state index in [1.807, 2.05) is 41.0 Å². The second-order valence-corrected chi connectivity index (χ2v) is 6.78. The molecule has 0 aliphatic carbocycles. The summed E-state index contributed by atoms with van der Waals surface area (Å²) in [4.78, 5) is 29.8. The first-order valence-corrected chi connectivity index (χ1v) is 9.62. The first-order chi connectivity index (χ1) is 14.6. The van der Waals surface area contributed by atoms with Crippen molar-refractivity contribution in [3.8, 4) is 5.75 Å². The number of amides is 2. The standard InChI is InChI=1S/C22H22N4O4/c1-3-30-21(27)19-17(12-26-13-23-16-9-4-5-10-18(16)26)24-22(28)25-20(19)14-7-6-8-15(11-14)29-2/h4-11,13,20H,3,12H2,1-2H3,(H2,24,25,28)/t20-/m0/s1. The molecule has 154 valence electrons. The van der Waals surface area contributed by atoms with Crippen molar-refractivity contribution in [3.05, 3.63) is 71.7 Å². The van der Waals surface area contributed by atoms with Crippen molar-refractivity contribution in [2.45, 2.75) is 19.5 Å². The monoisotopic (exact) mass is 406 g/mol. The third kappa shape index (κ3) is 3.71. The molecule has 0 spiro atoms. The Kier molecular flexibility index (Phi) is 5.38. The Hall–Kier alpha value is -3.81. The average molecular weight is 406 g/mol. The number of carbonyl (C=O) groups is 2. The highest BCUT2D eigenvalue weighted by Gasteiger charge is 2.34. The van der Waals surface area contributed by atoms with Crippen molar-refractivity contribution in [2.24, 2.45) is 0 Å². The van der Waals surface area contributed by atoms with Crippen molar-refractivity contribution in [1.29, 1.82) is 0 Å². The number of nitrogens with zero attached hydrogens (tertiary/aromatic N) is 2. The van der Waals surface area contributed by atoms with Gasteiger partial charge in [-0.25, -0.2) is 14.6 Å². The molecule has 0 saturated carbocycles. The largest absolute Gasteiger partial charge is 0.497 e. The van der Waals surface area contributed by atoms with Gasteiger partial charge in [0.25, 0.3) is 0 Å². The number of imidazole rings is 1. The van der Waals surface area contributed by atoms with E-state index in [-0.39, 0.29) is 13.2 Å². The van der Waals surface area contributed by atoms with Crippen molar-refractivity contribution >= 4 is 23.0 Å². The van der Waals surface area contributed by atoms with E-state index in [1.165, 1.54) is 0 Å². The van der Waals surface area contributed by atoms with Crippen LogP contribution in [-0.2, 0) is 16.1 Å². The molecule has 1 atom stereocenters. The summed E-state index contributed by atoms with van der Waals surface area (Å²) < 4.78 is 12.5. The van der Waals surface area contributed by atoms with E-state index in [0.717, 1.165) is 16.6 Å². The molecule has 8 heteroatoms. The van der Waals surface area contributed by atoms with E-state index in [4.69, 9.17) is 9.47 Å². The van der Waals surface area contributed by atoms with Gasteiger partial charge in [-0.1, -0.05) is 24.3 Å². The normalized spacial score (nSPS) is 16.2. The van der Waals surface area contributed by atoms with Crippen molar-refractivity contribution in [2.75, 3.05) is 13.7 Å². The zero-order chi connectivity index (χ0) is 21.1. The second kappa shape index (κ2) is 8.28. The highest BCUT2D eigenvalue weighted by molar-refractivity contribution is 5.95. The summed E-state index contributed by atoms with van der Waals surface area (Å²) in [6.45, 7) is 2.24. The number of methoxy groups -OCH3 is 1. The lowest BCUT2D eigenvalue weighted by molar-refractivity contribution is -0.139. The van der Waals surface area contributed by atoms with Crippen molar-refractivity contribution < 1.29 is 19.1 Å². The second-order valence-electron chi connectivity index (χ2n) is 6.78. The summed E-state index contributed by atoms with van der Waals surface area (Å²) >= 11 is 0. The Morgan fingerprint density at radius 3 is 2.83 bits per heavy atom. The first kappa shape index (κ1) is 19.5. The number of benzene rings is 2. The number of rotatable bonds is 6. The summed E-state index contributed by atoms with van der Waals surface area (Å²) in [7, 11) is 1.57. The summed E-state index contributed by atoms with van der Waals surface area (Å²) in [5.41, 5.74) is 3.27. The van der Waals surface area contributed by atoms with Crippen LogP contribution in [0.4, 0.5) is 4.79 Å². The van der Waals surface area contributed by atoms with Crippen molar-refractivity contribution in [3.63, 3.8) is 0 Å². The van der Waals surface area contributed by atoms with Gasteiger partial charge in [-0.05, 0) is 36.8 Å². The average Bonchev–Trinajstić information content (AvgIpc) is 3.16. The van der Waals surface area contributed by atoms with Gasteiger partial charge in [-0.15, -0.1) is 0 Å². The molecular weight excluding hydrogens is 384 g/mol. The number of hydrogen-bond donors (Lipinski definition) is 2. The molecule has 0 bridgehead atoms. The van der Waals surface area contributed by atoms with E-state index in [1.54, 1.807) is 32.5 Å². The van der Waals surface area contributed by atoms with Crippen LogP contribution < -0.4 is 15.4 Å². The minimum absolute atomic E-state index is 0.225. The number of urea groups is 1. The number of hydrogen-bond acceptors (Lipinski definition) is 5. The fourth-order valence-corrected chi connectivity index (χ4v) is 3.57. The van der Waals surface area contributed by atoms with Gasteiger partial charge in [-0.3, -0.25) is 0 Å². The smallest absolute Gasteiger partial charge is 0.338 e. The van der Waals surface area contributed by atoms with E-state index >= 15 is 0 Å². The molecule has 0 saturated heterocycles. The maximum absolute atomic E-state index is 12.9. The molecule has 30 heavy (non-hydrogen) atoms. The number of allylic oxidation sites excluding steroid dienone is 1. The predicted molar refractivity (Wildman–Crippen MR) is 111 cm³/mol. The Morgan fingerprint density at radius 1 is 1.20 bits per heavy atom. The van der Waals surface area contributed by atoms with E-state index in [2.05, 4.69) is 15.6 Å². The SMILES string of the molecule is CCOC(=O)C1=C(Cn2cnc3ccccc32)NC(=O)N[C@H]1c1cccc(OC)c1. The lowest BCUT2D eigenvalue weighted by Crippen LogP contribution is -2.46.